The lowest BCUT2D eigenvalue weighted by atomic mass is 10.1. The molecule has 0 unspecified atom stereocenters. The Morgan fingerprint density at radius 1 is 0.400 bits per heavy atom. The van der Waals surface area contributed by atoms with Crippen LogP contribution in [0.1, 0.15) is 0 Å². The molecular weight excluding hydrogens is 528 g/mol. The van der Waals surface area contributed by atoms with E-state index in [0.29, 0.717) is 0 Å². The van der Waals surface area contributed by atoms with Crippen LogP contribution in [0, 0.1) is 0 Å². The predicted molar refractivity (Wildman–Crippen MR) is 173 cm³/mol. The van der Waals surface area contributed by atoms with Crippen LogP contribution in [-0.4, -0.2) is 9.13 Å². The number of hydrogen-bond acceptors (Lipinski definition) is 1. The molecule has 6 aromatic carbocycles. The van der Waals surface area contributed by atoms with Crippen molar-refractivity contribution in [1.82, 2.24) is 9.13 Å². The first-order valence-corrected chi connectivity index (χ1v) is 14.6. The Kier molecular flexibility index (Phi) is 4.57. The summed E-state index contributed by atoms with van der Waals surface area (Å²) >= 11 is 8.35. The minimum absolute atomic E-state index is 0.748. The first kappa shape index (κ1) is 22.3. The highest BCUT2D eigenvalue weighted by atomic mass is 35.5. The van der Waals surface area contributed by atoms with E-state index >= 15 is 0 Å². The molecule has 9 rings (SSSR count). The van der Waals surface area contributed by atoms with Crippen LogP contribution in [0.3, 0.4) is 0 Å². The lowest BCUT2D eigenvalue weighted by molar-refractivity contribution is 1.18. The normalized spacial score (nSPS) is 12.1. The van der Waals surface area contributed by atoms with E-state index in [2.05, 4.69) is 130 Å². The second kappa shape index (κ2) is 8.22. The fourth-order valence-corrected chi connectivity index (χ4v) is 7.77. The van der Waals surface area contributed by atoms with Crippen LogP contribution >= 0.6 is 22.9 Å². The molecule has 2 nitrogen and oxygen atoms in total. The van der Waals surface area contributed by atoms with Gasteiger partial charge >= 0.3 is 0 Å². The molecule has 4 heteroatoms. The number of benzene rings is 6. The topological polar surface area (TPSA) is 9.86 Å². The Balaban J connectivity index is 1.33. The number of thiophene rings is 1. The zero-order chi connectivity index (χ0) is 26.4. The van der Waals surface area contributed by atoms with E-state index in [1.165, 1.54) is 64.0 Å². The van der Waals surface area contributed by atoms with Gasteiger partial charge in [0.15, 0.2) is 0 Å². The van der Waals surface area contributed by atoms with Crippen LogP contribution in [0.2, 0.25) is 5.02 Å². The molecule has 0 N–H and O–H groups in total. The molecule has 0 atom stereocenters. The minimum atomic E-state index is 0.748. The first-order chi connectivity index (χ1) is 19.7. The number of hydrogen-bond donors (Lipinski definition) is 0. The largest absolute Gasteiger partial charge is 0.309 e. The fourth-order valence-electron chi connectivity index (χ4n) is 6.44. The summed E-state index contributed by atoms with van der Waals surface area (Å²) in [6.45, 7) is 0. The molecule has 0 aliphatic carbocycles. The van der Waals surface area contributed by atoms with Gasteiger partial charge in [-0.1, -0.05) is 78.3 Å². The molecule has 3 heterocycles. The quantitative estimate of drug-likeness (QED) is 0.203. The monoisotopic (exact) mass is 548 g/mol. The summed E-state index contributed by atoms with van der Waals surface area (Å²) in [6, 6.07) is 45.8. The van der Waals surface area contributed by atoms with Crippen molar-refractivity contribution in [2.45, 2.75) is 0 Å². The number of rotatable bonds is 2. The molecule has 40 heavy (non-hydrogen) atoms. The molecule has 0 radical (unpaired) electrons. The van der Waals surface area contributed by atoms with E-state index in [0.717, 1.165) is 16.2 Å². The molecule has 0 saturated heterocycles. The van der Waals surface area contributed by atoms with E-state index in [-0.39, 0.29) is 0 Å². The van der Waals surface area contributed by atoms with Gasteiger partial charge in [0, 0.05) is 58.1 Å². The van der Waals surface area contributed by atoms with Gasteiger partial charge in [-0.2, -0.15) is 0 Å². The third-order valence-electron chi connectivity index (χ3n) is 8.16. The second-order valence-electron chi connectivity index (χ2n) is 10.4. The van der Waals surface area contributed by atoms with Crippen molar-refractivity contribution in [2.75, 3.05) is 0 Å². The smallest absolute Gasteiger partial charge is 0.0555 e. The first-order valence-electron chi connectivity index (χ1n) is 13.4. The molecule has 0 fully saturated rings. The number of para-hydroxylation sites is 3. The maximum absolute atomic E-state index is 6.48. The summed E-state index contributed by atoms with van der Waals surface area (Å²) in [7, 11) is 0. The van der Waals surface area contributed by atoms with Crippen molar-refractivity contribution >= 4 is 86.7 Å². The highest BCUT2D eigenvalue weighted by Gasteiger charge is 2.17. The molecule has 0 bridgehead atoms. The Bertz CT molecular complexity index is 2390. The molecule has 9 aromatic rings. The van der Waals surface area contributed by atoms with Crippen LogP contribution in [0.4, 0.5) is 0 Å². The van der Waals surface area contributed by atoms with E-state index in [4.69, 9.17) is 11.6 Å². The van der Waals surface area contributed by atoms with Crippen LogP contribution in [0.15, 0.2) is 127 Å². The molecule has 188 valence electrons. The summed E-state index contributed by atoms with van der Waals surface area (Å²) in [5.74, 6) is 0. The van der Waals surface area contributed by atoms with Crippen molar-refractivity contribution in [1.29, 1.82) is 0 Å². The Labute approximate surface area is 238 Å². The lowest BCUT2D eigenvalue weighted by Gasteiger charge is -2.08. The molecule has 0 amide bonds. The van der Waals surface area contributed by atoms with Crippen molar-refractivity contribution in [3.05, 3.63) is 132 Å². The Hall–Kier alpha value is -4.57. The van der Waals surface area contributed by atoms with Gasteiger partial charge in [0.05, 0.1) is 22.1 Å². The number of halogens is 1. The highest BCUT2D eigenvalue weighted by molar-refractivity contribution is 7.25. The van der Waals surface area contributed by atoms with Crippen LogP contribution < -0.4 is 0 Å². The maximum atomic E-state index is 6.48. The predicted octanol–water partition coefficient (Wildman–Crippen LogP) is 10.9. The molecule has 0 aliphatic heterocycles. The van der Waals surface area contributed by atoms with Crippen molar-refractivity contribution in [2.24, 2.45) is 0 Å². The molecule has 0 spiro atoms. The van der Waals surface area contributed by atoms with Gasteiger partial charge in [0.1, 0.15) is 0 Å². The fraction of sp³-hybridized carbons (Fsp3) is 0. The number of aromatic nitrogens is 2. The third kappa shape index (κ3) is 3.05. The zero-order valence-electron chi connectivity index (χ0n) is 21.3. The second-order valence-corrected chi connectivity index (χ2v) is 11.9. The van der Waals surface area contributed by atoms with Crippen molar-refractivity contribution in [3.8, 4) is 11.4 Å². The average molecular weight is 549 g/mol. The van der Waals surface area contributed by atoms with Gasteiger partial charge in [0.25, 0.3) is 0 Å². The summed E-state index contributed by atoms with van der Waals surface area (Å²) < 4.78 is 7.32. The summed E-state index contributed by atoms with van der Waals surface area (Å²) in [4.78, 5) is 0. The molecular formula is C36H21ClN2S. The maximum Gasteiger partial charge on any atom is 0.0555 e. The Morgan fingerprint density at radius 3 is 1.77 bits per heavy atom. The summed E-state index contributed by atoms with van der Waals surface area (Å²) in [5.41, 5.74) is 7.12. The summed E-state index contributed by atoms with van der Waals surface area (Å²) in [6.07, 6.45) is 0. The Morgan fingerprint density at radius 2 is 1.00 bits per heavy atom. The van der Waals surface area contributed by atoms with E-state index in [1.807, 2.05) is 17.4 Å². The minimum Gasteiger partial charge on any atom is -0.309 e. The molecule has 0 saturated carbocycles. The van der Waals surface area contributed by atoms with E-state index in [9.17, 15) is 0 Å². The number of nitrogens with zero attached hydrogens (tertiary/aromatic N) is 2. The lowest BCUT2D eigenvalue weighted by Crippen LogP contribution is -1.93. The number of fused-ring (bicyclic) bond motifs is 9. The van der Waals surface area contributed by atoms with Gasteiger partial charge in [-0.25, -0.2) is 0 Å². The standard InChI is InChI=1S/C36H21ClN2S/c37-22-14-16-27-29-21-36-30(20-34(29)38(33(27)18-22)23-8-2-1-3-9-23)28-17-15-24(19-35(28)40-36)39-31-12-6-4-10-25(31)26-11-5-7-13-32(26)39/h1-21H. The zero-order valence-corrected chi connectivity index (χ0v) is 22.9. The third-order valence-corrected chi connectivity index (χ3v) is 9.51. The van der Waals surface area contributed by atoms with Gasteiger partial charge in [-0.3, -0.25) is 0 Å². The molecule has 0 aliphatic rings. The highest BCUT2D eigenvalue weighted by Crippen LogP contribution is 2.42. The average Bonchev–Trinajstić information content (AvgIpc) is 3.62. The summed E-state index contributed by atoms with van der Waals surface area (Å²) in [5, 5.41) is 8.35. The molecule has 3 aromatic heterocycles. The van der Waals surface area contributed by atoms with Gasteiger partial charge in [-0.15, -0.1) is 11.3 Å². The van der Waals surface area contributed by atoms with Crippen LogP contribution in [0.25, 0.3) is 75.2 Å². The van der Waals surface area contributed by atoms with Gasteiger partial charge < -0.3 is 9.13 Å². The van der Waals surface area contributed by atoms with Crippen LogP contribution in [0.5, 0.6) is 0 Å². The van der Waals surface area contributed by atoms with Crippen molar-refractivity contribution in [3.63, 3.8) is 0 Å². The van der Waals surface area contributed by atoms with Crippen LogP contribution in [-0.2, 0) is 0 Å². The SMILES string of the molecule is Clc1ccc2c3cc4sc5cc(-n6c7ccccc7c7ccccc76)ccc5c4cc3n(-c3ccccc3)c2c1. The van der Waals surface area contributed by atoms with E-state index < -0.39 is 0 Å². The van der Waals surface area contributed by atoms with Gasteiger partial charge in [0.2, 0.25) is 0 Å². The van der Waals surface area contributed by atoms with Crippen molar-refractivity contribution < 1.29 is 0 Å². The van der Waals surface area contributed by atoms with E-state index in [1.54, 1.807) is 0 Å². The van der Waals surface area contributed by atoms with Gasteiger partial charge in [-0.05, 0) is 60.7 Å².